The molecule has 0 saturated heterocycles. The third-order valence-electron chi connectivity index (χ3n) is 4.88. The number of primary amides is 1. The molecule has 146 valence electrons. The lowest BCUT2D eigenvalue weighted by Crippen LogP contribution is -2.67. The second-order valence-electron chi connectivity index (χ2n) is 6.48. The van der Waals surface area contributed by atoms with E-state index in [2.05, 4.69) is 10.9 Å². The Morgan fingerprint density at radius 2 is 1.96 bits per heavy atom. The molecule has 2 aliphatic rings. The molecule has 0 aromatic heterocycles. The summed E-state index contributed by atoms with van der Waals surface area (Å²) in [5.74, 6) is 0.406. The van der Waals surface area contributed by atoms with Crippen molar-refractivity contribution in [3.63, 3.8) is 0 Å². The lowest BCUT2D eigenvalue weighted by molar-refractivity contribution is -0.149. The van der Waals surface area contributed by atoms with Crippen LogP contribution in [0.5, 0.6) is 5.75 Å². The minimum Gasteiger partial charge on any atom is -0.497 e. The number of hydrogen-bond acceptors (Lipinski definition) is 7. The van der Waals surface area contributed by atoms with Gasteiger partial charge in [-0.2, -0.15) is 0 Å². The van der Waals surface area contributed by atoms with Gasteiger partial charge in [0.1, 0.15) is 10.8 Å². The third kappa shape index (κ3) is 3.49. The highest BCUT2D eigenvalue weighted by molar-refractivity contribution is 8.16. The van der Waals surface area contributed by atoms with Crippen LogP contribution in [0.25, 0.3) is 0 Å². The first-order chi connectivity index (χ1) is 13.0. The fourth-order valence-corrected chi connectivity index (χ4v) is 5.12. The first-order valence-electron chi connectivity index (χ1n) is 8.89. The lowest BCUT2D eigenvalue weighted by Gasteiger charge is -2.44. The molecular weight excluding hydrogens is 368 g/mol. The number of esters is 1. The van der Waals surface area contributed by atoms with Gasteiger partial charge in [0.25, 0.3) is 0 Å². The maximum absolute atomic E-state index is 13.0. The van der Waals surface area contributed by atoms with Crippen molar-refractivity contribution in [2.24, 2.45) is 10.7 Å². The number of benzene rings is 1. The van der Waals surface area contributed by atoms with Gasteiger partial charge in [-0.1, -0.05) is 18.2 Å². The summed E-state index contributed by atoms with van der Waals surface area (Å²) in [5, 5.41) is 0.714. The summed E-state index contributed by atoms with van der Waals surface area (Å²) in [6, 6.07) is 6.76. The number of thioether (sulfide) groups is 1. The standard InChI is InChI=1S/C18H24N4O4S/c1-3-26-15(23)17-10-4-5-11-18(17,22-21-16(19)24)20-14(27-17)12-6-8-13(25-2)9-7-12/h6-9,22H,3-5,10-11H2,1-2H3,(H3,19,21,24). The van der Waals surface area contributed by atoms with E-state index in [1.807, 2.05) is 24.3 Å². The van der Waals surface area contributed by atoms with Crippen molar-refractivity contribution in [1.29, 1.82) is 0 Å². The van der Waals surface area contributed by atoms with Crippen molar-refractivity contribution in [3.05, 3.63) is 29.8 Å². The molecule has 8 nitrogen and oxygen atoms in total. The number of hydrogen-bond donors (Lipinski definition) is 3. The summed E-state index contributed by atoms with van der Waals surface area (Å²) in [6.07, 6.45) is 2.91. The van der Waals surface area contributed by atoms with Crippen molar-refractivity contribution in [3.8, 4) is 5.75 Å². The third-order valence-corrected chi connectivity index (χ3v) is 6.46. The second-order valence-corrected chi connectivity index (χ2v) is 7.76. The number of nitrogens with zero attached hydrogens (tertiary/aromatic N) is 1. The van der Waals surface area contributed by atoms with E-state index in [1.165, 1.54) is 11.8 Å². The topological polar surface area (TPSA) is 115 Å². The largest absolute Gasteiger partial charge is 0.497 e. The van der Waals surface area contributed by atoms with Crippen molar-refractivity contribution in [2.45, 2.75) is 43.0 Å². The van der Waals surface area contributed by atoms with E-state index in [1.54, 1.807) is 14.0 Å². The van der Waals surface area contributed by atoms with Crippen molar-refractivity contribution in [2.75, 3.05) is 13.7 Å². The van der Waals surface area contributed by atoms with Gasteiger partial charge in [0.15, 0.2) is 10.4 Å². The molecule has 0 bridgehead atoms. The molecule has 1 aromatic rings. The molecule has 2 amide bonds. The van der Waals surface area contributed by atoms with E-state index < -0.39 is 16.4 Å². The lowest BCUT2D eigenvalue weighted by atomic mass is 9.78. The summed E-state index contributed by atoms with van der Waals surface area (Å²) in [6.45, 7) is 2.05. The molecule has 1 heterocycles. The molecule has 2 atom stereocenters. The number of carbonyl (C=O) groups is 2. The number of urea groups is 1. The minimum absolute atomic E-state index is 0.276. The van der Waals surface area contributed by atoms with Crippen LogP contribution in [0.3, 0.4) is 0 Å². The smallest absolute Gasteiger partial charge is 0.326 e. The van der Waals surface area contributed by atoms with Gasteiger partial charge in [0.2, 0.25) is 0 Å². The number of nitrogens with two attached hydrogens (primary N) is 1. The molecule has 27 heavy (non-hydrogen) atoms. The highest BCUT2D eigenvalue weighted by Gasteiger charge is 2.64. The monoisotopic (exact) mass is 392 g/mol. The Labute approximate surface area is 162 Å². The zero-order chi connectivity index (χ0) is 19.5. The van der Waals surface area contributed by atoms with Crippen LogP contribution in [-0.2, 0) is 9.53 Å². The van der Waals surface area contributed by atoms with Gasteiger partial charge in [-0.15, -0.1) is 0 Å². The van der Waals surface area contributed by atoms with E-state index in [9.17, 15) is 9.59 Å². The predicted octanol–water partition coefficient (Wildman–Crippen LogP) is 1.93. The van der Waals surface area contributed by atoms with Crippen LogP contribution in [0, 0.1) is 0 Å². The minimum atomic E-state index is -1.01. The summed E-state index contributed by atoms with van der Waals surface area (Å²) < 4.78 is 9.65. The second kappa shape index (κ2) is 7.77. The number of nitrogens with one attached hydrogen (secondary N) is 2. The normalized spacial score (nSPS) is 26.7. The van der Waals surface area contributed by atoms with Crippen LogP contribution in [0.4, 0.5) is 4.79 Å². The van der Waals surface area contributed by atoms with Gasteiger partial charge < -0.3 is 15.2 Å². The van der Waals surface area contributed by atoms with Gasteiger partial charge in [-0.25, -0.2) is 10.2 Å². The van der Waals surface area contributed by atoms with Gasteiger partial charge >= 0.3 is 12.0 Å². The molecule has 1 saturated carbocycles. The fourth-order valence-electron chi connectivity index (χ4n) is 3.58. The Morgan fingerprint density at radius 3 is 2.59 bits per heavy atom. The van der Waals surface area contributed by atoms with Crippen LogP contribution in [0.15, 0.2) is 29.3 Å². The van der Waals surface area contributed by atoms with E-state index in [-0.39, 0.29) is 12.6 Å². The molecule has 1 aromatic carbocycles. The van der Waals surface area contributed by atoms with E-state index in [0.29, 0.717) is 17.9 Å². The highest BCUT2D eigenvalue weighted by atomic mass is 32.2. The van der Waals surface area contributed by atoms with Gasteiger partial charge in [-0.05, 0) is 50.5 Å². The zero-order valence-electron chi connectivity index (χ0n) is 15.4. The van der Waals surface area contributed by atoms with Gasteiger partial charge in [0.05, 0.1) is 13.7 Å². The molecule has 4 N–H and O–H groups in total. The SMILES string of the molecule is CCOC(=O)C12CCCCC1(NNC(N)=O)N=C(c1ccc(OC)cc1)S2. The average Bonchev–Trinajstić information content (AvgIpc) is 3.03. The Bertz CT molecular complexity index is 754. The van der Waals surface area contributed by atoms with Crippen LogP contribution in [0.1, 0.15) is 38.2 Å². The number of carbonyl (C=O) groups excluding carboxylic acids is 2. The number of rotatable bonds is 6. The maximum atomic E-state index is 13.0. The highest BCUT2D eigenvalue weighted by Crippen LogP contribution is 2.54. The first kappa shape index (κ1) is 19.5. The summed E-state index contributed by atoms with van der Waals surface area (Å²) in [4.78, 5) is 29.2. The van der Waals surface area contributed by atoms with E-state index in [0.717, 1.165) is 24.2 Å². The maximum Gasteiger partial charge on any atom is 0.326 e. The first-order valence-corrected chi connectivity index (χ1v) is 9.71. The summed E-state index contributed by atoms with van der Waals surface area (Å²) in [5.41, 5.74) is 10.5. The van der Waals surface area contributed by atoms with Crippen LogP contribution >= 0.6 is 11.8 Å². The number of fused-ring (bicyclic) bond motifs is 1. The molecule has 0 radical (unpaired) electrons. The molecule has 1 aliphatic carbocycles. The Balaban J connectivity index is 2.02. The summed E-state index contributed by atoms with van der Waals surface area (Å²) in [7, 11) is 1.61. The quantitative estimate of drug-likeness (QED) is 0.503. The Morgan fingerprint density at radius 1 is 1.26 bits per heavy atom. The predicted molar refractivity (Wildman–Crippen MR) is 104 cm³/mol. The number of amides is 2. The average molecular weight is 392 g/mol. The van der Waals surface area contributed by atoms with Crippen molar-refractivity contribution >= 4 is 28.8 Å². The fraction of sp³-hybridized carbons (Fsp3) is 0.500. The Kier molecular flexibility index (Phi) is 5.61. The molecule has 0 spiro atoms. The van der Waals surface area contributed by atoms with E-state index >= 15 is 0 Å². The number of hydrazine groups is 1. The van der Waals surface area contributed by atoms with Crippen LogP contribution < -0.4 is 21.3 Å². The van der Waals surface area contributed by atoms with E-state index in [4.69, 9.17) is 20.2 Å². The van der Waals surface area contributed by atoms with Gasteiger partial charge in [-0.3, -0.25) is 15.2 Å². The molecule has 1 aliphatic heterocycles. The van der Waals surface area contributed by atoms with Crippen molar-refractivity contribution < 1.29 is 19.1 Å². The van der Waals surface area contributed by atoms with Gasteiger partial charge in [0, 0.05) is 5.56 Å². The molecule has 3 rings (SSSR count). The molecule has 9 heteroatoms. The molecular formula is C18H24N4O4S. The zero-order valence-corrected chi connectivity index (χ0v) is 16.2. The van der Waals surface area contributed by atoms with Crippen molar-refractivity contribution in [1.82, 2.24) is 10.9 Å². The summed E-state index contributed by atoms with van der Waals surface area (Å²) >= 11 is 1.39. The number of methoxy groups -OCH3 is 1. The van der Waals surface area contributed by atoms with Crippen LogP contribution in [-0.4, -0.2) is 41.2 Å². The Hall–Kier alpha value is -2.26. The molecule has 2 unspecified atom stereocenters. The van der Waals surface area contributed by atoms with Crippen LogP contribution in [0.2, 0.25) is 0 Å². The number of ether oxygens (including phenoxy) is 2. The number of aliphatic imine (C=N–C) groups is 1. The molecule has 1 fully saturated rings.